The highest BCUT2D eigenvalue weighted by Crippen LogP contribution is 2.23. The summed E-state index contributed by atoms with van der Waals surface area (Å²) in [6, 6.07) is 17.8. The fourth-order valence-electron chi connectivity index (χ4n) is 2.86. The lowest BCUT2D eigenvalue weighted by atomic mass is 10.1. The van der Waals surface area contributed by atoms with Gasteiger partial charge in [0.25, 0.3) is 5.91 Å². The molecule has 3 aromatic rings. The zero-order valence-electron chi connectivity index (χ0n) is 15.4. The van der Waals surface area contributed by atoms with Gasteiger partial charge in [-0.1, -0.05) is 30.3 Å². The largest absolute Gasteiger partial charge is 0.354 e. The molecule has 0 fully saturated rings. The molecule has 1 amide bonds. The fraction of sp³-hybridized carbons (Fsp3) is 0.182. The molecule has 0 bridgehead atoms. The van der Waals surface area contributed by atoms with Crippen molar-refractivity contribution in [2.75, 3.05) is 16.8 Å². The standard InChI is InChI=1S/C22H23N3O/c1-4-25(20-8-6-5-7-9-20)22(26)18-13-19(15-23-14-18)24-21-12-16(2)10-11-17(21)3/h5-15,24H,4H2,1-3H3. The molecule has 4 nitrogen and oxygen atoms in total. The molecule has 0 aliphatic carbocycles. The van der Waals surface area contributed by atoms with Crippen LogP contribution in [0.5, 0.6) is 0 Å². The summed E-state index contributed by atoms with van der Waals surface area (Å²) in [6.45, 7) is 6.67. The van der Waals surface area contributed by atoms with E-state index in [1.807, 2.05) is 43.3 Å². The van der Waals surface area contributed by atoms with Crippen molar-refractivity contribution < 1.29 is 4.79 Å². The lowest BCUT2D eigenvalue weighted by molar-refractivity contribution is 0.0988. The predicted octanol–water partition coefficient (Wildman–Crippen LogP) is 5.11. The van der Waals surface area contributed by atoms with E-state index in [0.29, 0.717) is 12.1 Å². The van der Waals surface area contributed by atoms with E-state index < -0.39 is 0 Å². The maximum absolute atomic E-state index is 13.0. The molecule has 0 aliphatic rings. The van der Waals surface area contributed by atoms with Crippen molar-refractivity contribution in [1.82, 2.24) is 4.98 Å². The Bertz CT molecular complexity index is 906. The van der Waals surface area contributed by atoms with Crippen molar-refractivity contribution in [3.63, 3.8) is 0 Å². The van der Waals surface area contributed by atoms with Gasteiger partial charge in [-0.15, -0.1) is 0 Å². The Balaban J connectivity index is 1.86. The van der Waals surface area contributed by atoms with E-state index in [2.05, 4.69) is 42.3 Å². The summed E-state index contributed by atoms with van der Waals surface area (Å²) in [7, 11) is 0. The van der Waals surface area contributed by atoms with Crippen LogP contribution in [0.1, 0.15) is 28.4 Å². The number of aryl methyl sites for hydroxylation is 2. The molecule has 2 aromatic carbocycles. The maximum atomic E-state index is 13.0. The number of carbonyl (C=O) groups is 1. The average Bonchev–Trinajstić information content (AvgIpc) is 2.66. The molecular weight excluding hydrogens is 322 g/mol. The monoisotopic (exact) mass is 345 g/mol. The van der Waals surface area contributed by atoms with Crippen LogP contribution >= 0.6 is 0 Å². The molecule has 26 heavy (non-hydrogen) atoms. The van der Waals surface area contributed by atoms with Gasteiger partial charge >= 0.3 is 0 Å². The lowest BCUT2D eigenvalue weighted by Gasteiger charge is -2.21. The van der Waals surface area contributed by atoms with E-state index in [0.717, 1.165) is 22.6 Å². The van der Waals surface area contributed by atoms with Crippen molar-refractivity contribution in [2.24, 2.45) is 0 Å². The number of carbonyl (C=O) groups excluding carboxylic acids is 1. The van der Waals surface area contributed by atoms with Crippen LogP contribution in [0.15, 0.2) is 67.0 Å². The summed E-state index contributed by atoms with van der Waals surface area (Å²) in [6.07, 6.45) is 3.35. The predicted molar refractivity (Wildman–Crippen MR) is 107 cm³/mol. The van der Waals surface area contributed by atoms with Crippen molar-refractivity contribution >= 4 is 23.0 Å². The molecule has 0 aliphatic heterocycles. The third-order valence-corrected chi connectivity index (χ3v) is 4.29. The minimum atomic E-state index is -0.0594. The summed E-state index contributed by atoms with van der Waals surface area (Å²) >= 11 is 0. The van der Waals surface area contributed by atoms with E-state index in [1.54, 1.807) is 17.3 Å². The number of aromatic nitrogens is 1. The number of pyridine rings is 1. The van der Waals surface area contributed by atoms with Crippen molar-refractivity contribution in [3.05, 3.63) is 83.7 Å². The molecule has 4 heteroatoms. The number of nitrogens with one attached hydrogen (secondary N) is 1. The van der Waals surface area contributed by atoms with Crippen LogP contribution in [0, 0.1) is 13.8 Å². The normalized spacial score (nSPS) is 10.4. The number of benzene rings is 2. The summed E-state index contributed by atoms with van der Waals surface area (Å²) < 4.78 is 0. The highest BCUT2D eigenvalue weighted by atomic mass is 16.2. The summed E-state index contributed by atoms with van der Waals surface area (Å²) in [5.74, 6) is -0.0594. The second-order valence-electron chi connectivity index (χ2n) is 6.29. The van der Waals surface area contributed by atoms with Crippen molar-refractivity contribution in [1.29, 1.82) is 0 Å². The smallest absolute Gasteiger partial charge is 0.259 e. The van der Waals surface area contributed by atoms with Gasteiger partial charge in [-0.05, 0) is 56.2 Å². The average molecular weight is 345 g/mol. The van der Waals surface area contributed by atoms with Gasteiger partial charge in [0, 0.05) is 24.1 Å². The van der Waals surface area contributed by atoms with Gasteiger partial charge in [-0.3, -0.25) is 9.78 Å². The number of anilines is 3. The minimum Gasteiger partial charge on any atom is -0.354 e. The molecule has 0 unspecified atom stereocenters. The number of hydrogen-bond acceptors (Lipinski definition) is 3. The SMILES string of the molecule is CCN(C(=O)c1cncc(Nc2cc(C)ccc2C)c1)c1ccccc1. The van der Waals surface area contributed by atoms with Crippen LogP contribution in [0.2, 0.25) is 0 Å². The zero-order chi connectivity index (χ0) is 18.5. The molecule has 0 radical (unpaired) electrons. The van der Waals surface area contributed by atoms with Gasteiger partial charge in [0.05, 0.1) is 17.4 Å². The quantitative estimate of drug-likeness (QED) is 0.699. The van der Waals surface area contributed by atoms with E-state index in [4.69, 9.17) is 0 Å². The molecule has 0 saturated carbocycles. The molecule has 0 atom stereocenters. The number of hydrogen-bond donors (Lipinski definition) is 1. The van der Waals surface area contributed by atoms with Gasteiger partial charge in [-0.25, -0.2) is 0 Å². The Morgan fingerprint density at radius 3 is 2.54 bits per heavy atom. The summed E-state index contributed by atoms with van der Waals surface area (Å²) in [5.41, 5.74) is 5.59. The van der Waals surface area contributed by atoms with Crippen molar-refractivity contribution in [3.8, 4) is 0 Å². The zero-order valence-corrected chi connectivity index (χ0v) is 15.4. The van der Waals surface area contributed by atoms with E-state index in [9.17, 15) is 4.79 Å². The summed E-state index contributed by atoms with van der Waals surface area (Å²) in [5, 5.41) is 3.37. The van der Waals surface area contributed by atoms with Gasteiger partial charge in [0.2, 0.25) is 0 Å². The van der Waals surface area contributed by atoms with Crippen LogP contribution in [-0.4, -0.2) is 17.4 Å². The second kappa shape index (κ2) is 7.83. The first-order valence-electron chi connectivity index (χ1n) is 8.74. The van der Waals surface area contributed by atoms with E-state index in [-0.39, 0.29) is 5.91 Å². The van der Waals surface area contributed by atoms with Gasteiger partial charge in [0.1, 0.15) is 0 Å². The van der Waals surface area contributed by atoms with E-state index in [1.165, 1.54) is 5.56 Å². The van der Waals surface area contributed by atoms with Crippen molar-refractivity contribution in [2.45, 2.75) is 20.8 Å². The first-order chi connectivity index (χ1) is 12.6. The Morgan fingerprint density at radius 1 is 1.04 bits per heavy atom. The van der Waals surface area contributed by atoms with Crippen LogP contribution < -0.4 is 10.2 Å². The molecule has 1 aromatic heterocycles. The van der Waals surface area contributed by atoms with Crippen LogP contribution in [0.3, 0.4) is 0 Å². The fourth-order valence-corrected chi connectivity index (χ4v) is 2.86. The topological polar surface area (TPSA) is 45.2 Å². The first-order valence-corrected chi connectivity index (χ1v) is 8.74. The molecule has 132 valence electrons. The third-order valence-electron chi connectivity index (χ3n) is 4.29. The lowest BCUT2D eigenvalue weighted by Crippen LogP contribution is -2.30. The summed E-state index contributed by atoms with van der Waals surface area (Å²) in [4.78, 5) is 19.0. The number of rotatable bonds is 5. The minimum absolute atomic E-state index is 0.0594. The maximum Gasteiger partial charge on any atom is 0.259 e. The third kappa shape index (κ3) is 3.91. The molecule has 1 N–H and O–H groups in total. The molecule has 3 rings (SSSR count). The van der Waals surface area contributed by atoms with Crippen LogP contribution in [-0.2, 0) is 0 Å². The van der Waals surface area contributed by atoms with Crippen LogP contribution in [0.4, 0.5) is 17.1 Å². The Hall–Kier alpha value is -3.14. The molecule has 0 spiro atoms. The second-order valence-corrected chi connectivity index (χ2v) is 6.29. The Morgan fingerprint density at radius 2 is 1.81 bits per heavy atom. The number of nitrogens with zero attached hydrogens (tertiary/aromatic N) is 2. The number of amides is 1. The van der Waals surface area contributed by atoms with Crippen LogP contribution in [0.25, 0.3) is 0 Å². The molecule has 1 heterocycles. The highest BCUT2D eigenvalue weighted by molar-refractivity contribution is 6.06. The van der Waals surface area contributed by atoms with Gasteiger partial charge in [-0.2, -0.15) is 0 Å². The molecular formula is C22H23N3O. The van der Waals surface area contributed by atoms with Gasteiger partial charge in [0.15, 0.2) is 0 Å². The Labute approximate surface area is 154 Å². The number of para-hydroxylation sites is 1. The molecule has 0 saturated heterocycles. The highest BCUT2D eigenvalue weighted by Gasteiger charge is 2.16. The van der Waals surface area contributed by atoms with Gasteiger partial charge < -0.3 is 10.2 Å². The first kappa shape index (κ1) is 17.7. The van der Waals surface area contributed by atoms with E-state index >= 15 is 0 Å². The Kier molecular flexibility index (Phi) is 5.32.